The molecule has 0 aliphatic carbocycles. The van der Waals surface area contributed by atoms with Crippen molar-refractivity contribution in [3.05, 3.63) is 77.9 Å². The number of nitrogens with one attached hydrogen (secondary N) is 1. The molecule has 5 rings (SSSR count). The van der Waals surface area contributed by atoms with E-state index in [9.17, 15) is 9.59 Å². The number of carbonyl (C=O) groups is 2. The summed E-state index contributed by atoms with van der Waals surface area (Å²) < 4.78 is 11.6. The summed E-state index contributed by atoms with van der Waals surface area (Å²) in [7, 11) is 0. The predicted molar refractivity (Wildman–Crippen MR) is 109 cm³/mol. The Labute approximate surface area is 172 Å². The number of hydrogen-bond donors (Lipinski definition) is 1. The summed E-state index contributed by atoms with van der Waals surface area (Å²) in [5.41, 5.74) is 0.743. The number of aryl methyl sites for hydroxylation is 1. The van der Waals surface area contributed by atoms with Crippen molar-refractivity contribution in [3.63, 3.8) is 0 Å². The van der Waals surface area contributed by atoms with Crippen LogP contribution < -0.4 is 5.32 Å². The van der Waals surface area contributed by atoms with Crippen molar-refractivity contribution in [2.75, 3.05) is 0 Å². The minimum absolute atomic E-state index is 0.0165. The molecule has 0 saturated carbocycles. The molecule has 4 aromatic rings. The highest BCUT2D eigenvalue weighted by atomic mass is 16.4. The monoisotopic (exact) mass is 401 g/mol. The fourth-order valence-corrected chi connectivity index (χ4v) is 3.66. The summed E-state index contributed by atoms with van der Waals surface area (Å²) >= 11 is 0. The van der Waals surface area contributed by atoms with Crippen LogP contribution in [0, 0.1) is 6.92 Å². The molecular formula is C23H19N3O4. The smallest absolute Gasteiger partial charge is 0.325 e. The van der Waals surface area contributed by atoms with Gasteiger partial charge in [-0.25, -0.2) is 9.78 Å². The Balaban J connectivity index is 1.44. The molecular weight excluding hydrogens is 382 g/mol. The molecule has 30 heavy (non-hydrogen) atoms. The first-order valence-electron chi connectivity index (χ1n) is 9.60. The minimum atomic E-state index is -1.28. The van der Waals surface area contributed by atoms with E-state index >= 15 is 0 Å². The van der Waals surface area contributed by atoms with Gasteiger partial charge in [0.25, 0.3) is 5.91 Å². The van der Waals surface area contributed by atoms with Crippen molar-refractivity contribution < 1.29 is 18.4 Å². The number of imide groups is 1. The molecule has 2 aromatic heterocycles. The number of benzene rings is 2. The van der Waals surface area contributed by atoms with Gasteiger partial charge in [-0.1, -0.05) is 36.4 Å². The first-order chi connectivity index (χ1) is 14.5. The maximum Gasteiger partial charge on any atom is 0.325 e. The van der Waals surface area contributed by atoms with Gasteiger partial charge in [-0.3, -0.25) is 9.69 Å². The number of urea groups is 1. The zero-order valence-electron chi connectivity index (χ0n) is 16.5. The average Bonchev–Trinajstić information content (AvgIpc) is 3.41. The Morgan fingerprint density at radius 2 is 1.77 bits per heavy atom. The fourth-order valence-electron chi connectivity index (χ4n) is 3.66. The number of fused-ring (bicyclic) bond motifs is 1. The lowest BCUT2D eigenvalue weighted by Gasteiger charge is -2.18. The number of carbonyl (C=O) groups excluding carboxylic acids is 2. The Morgan fingerprint density at radius 1 is 1.03 bits per heavy atom. The highest BCUT2D eigenvalue weighted by Crippen LogP contribution is 2.34. The molecule has 1 aliphatic rings. The standard InChI is InChI=1S/C23H19N3O4/c1-14-17(24-20(29-14)15-8-4-3-5-9-15)13-26-21(27)23(2,25-22(26)28)19-12-16-10-6-7-11-18(16)30-19/h3-12H,13H2,1-2H3,(H,25,28). The van der Waals surface area contributed by atoms with Crippen molar-refractivity contribution in [1.29, 1.82) is 0 Å². The van der Waals surface area contributed by atoms with E-state index in [1.165, 1.54) is 0 Å². The van der Waals surface area contributed by atoms with Crippen molar-refractivity contribution in [3.8, 4) is 11.5 Å². The van der Waals surface area contributed by atoms with E-state index in [-0.39, 0.29) is 6.54 Å². The van der Waals surface area contributed by atoms with E-state index in [1.54, 1.807) is 19.9 Å². The molecule has 1 saturated heterocycles. The first-order valence-corrected chi connectivity index (χ1v) is 9.60. The van der Waals surface area contributed by atoms with Gasteiger partial charge < -0.3 is 14.2 Å². The normalized spacial score (nSPS) is 18.9. The maximum absolute atomic E-state index is 13.2. The van der Waals surface area contributed by atoms with Gasteiger partial charge in [-0.05, 0) is 38.1 Å². The molecule has 2 aromatic carbocycles. The van der Waals surface area contributed by atoms with Gasteiger partial charge in [-0.15, -0.1) is 0 Å². The van der Waals surface area contributed by atoms with Crippen molar-refractivity contribution >= 4 is 22.9 Å². The zero-order valence-corrected chi connectivity index (χ0v) is 16.5. The molecule has 150 valence electrons. The SMILES string of the molecule is Cc1oc(-c2ccccc2)nc1CN1C(=O)NC(C)(c2cc3ccccc3o2)C1=O. The van der Waals surface area contributed by atoms with Gasteiger partial charge in [0.2, 0.25) is 5.89 Å². The number of nitrogens with zero attached hydrogens (tertiary/aromatic N) is 2. The Bertz CT molecular complexity index is 1240. The van der Waals surface area contributed by atoms with Gasteiger partial charge in [0, 0.05) is 10.9 Å². The van der Waals surface area contributed by atoms with Gasteiger partial charge in [0.05, 0.1) is 6.54 Å². The third-order valence-electron chi connectivity index (χ3n) is 5.41. The summed E-state index contributed by atoms with van der Waals surface area (Å²) in [4.78, 5) is 31.6. The molecule has 1 atom stereocenters. The van der Waals surface area contributed by atoms with E-state index in [4.69, 9.17) is 8.83 Å². The summed E-state index contributed by atoms with van der Waals surface area (Å²) in [5, 5.41) is 3.64. The number of para-hydroxylation sites is 1. The number of aromatic nitrogens is 1. The quantitative estimate of drug-likeness (QED) is 0.513. The molecule has 1 fully saturated rings. The molecule has 1 unspecified atom stereocenters. The summed E-state index contributed by atoms with van der Waals surface area (Å²) in [6, 6.07) is 18.2. The molecule has 0 spiro atoms. The second kappa shape index (κ2) is 6.59. The largest absolute Gasteiger partial charge is 0.458 e. The number of rotatable bonds is 4. The average molecular weight is 401 g/mol. The first kappa shape index (κ1) is 18.2. The topological polar surface area (TPSA) is 88.6 Å². The van der Waals surface area contributed by atoms with Crippen molar-refractivity contribution in [2.24, 2.45) is 0 Å². The molecule has 1 aliphatic heterocycles. The van der Waals surface area contributed by atoms with E-state index in [2.05, 4.69) is 10.3 Å². The molecule has 3 amide bonds. The third kappa shape index (κ3) is 2.78. The van der Waals surface area contributed by atoms with Crippen LogP contribution in [-0.4, -0.2) is 21.8 Å². The predicted octanol–water partition coefficient (Wildman–Crippen LogP) is 4.36. The fraction of sp³-hybridized carbons (Fsp3) is 0.174. The van der Waals surface area contributed by atoms with E-state index in [1.807, 2.05) is 54.6 Å². The van der Waals surface area contributed by atoms with E-state index in [0.717, 1.165) is 15.8 Å². The maximum atomic E-state index is 13.2. The molecule has 0 radical (unpaired) electrons. The third-order valence-corrected chi connectivity index (χ3v) is 5.41. The highest BCUT2D eigenvalue weighted by molar-refractivity contribution is 6.07. The molecule has 1 N–H and O–H groups in total. The molecule has 3 heterocycles. The summed E-state index contributed by atoms with van der Waals surface area (Å²) in [5.74, 6) is 1.02. The molecule has 7 heteroatoms. The highest BCUT2D eigenvalue weighted by Gasteiger charge is 2.51. The number of amides is 3. The van der Waals surface area contributed by atoms with Crippen LogP contribution in [0.4, 0.5) is 4.79 Å². The molecule has 7 nitrogen and oxygen atoms in total. The lowest BCUT2D eigenvalue weighted by Crippen LogP contribution is -2.40. The van der Waals surface area contributed by atoms with Crippen LogP contribution >= 0.6 is 0 Å². The van der Waals surface area contributed by atoms with Crippen LogP contribution in [0.5, 0.6) is 0 Å². The minimum Gasteiger partial charge on any atom is -0.458 e. The summed E-state index contributed by atoms with van der Waals surface area (Å²) in [6.07, 6.45) is 0. The number of hydrogen-bond acceptors (Lipinski definition) is 5. The van der Waals surface area contributed by atoms with Crippen LogP contribution in [0.1, 0.15) is 24.1 Å². The van der Waals surface area contributed by atoms with Gasteiger partial charge in [0.1, 0.15) is 22.8 Å². The molecule has 0 bridgehead atoms. The van der Waals surface area contributed by atoms with Crippen LogP contribution in [0.25, 0.3) is 22.4 Å². The van der Waals surface area contributed by atoms with Crippen molar-refractivity contribution in [1.82, 2.24) is 15.2 Å². The van der Waals surface area contributed by atoms with Crippen LogP contribution in [-0.2, 0) is 16.9 Å². The zero-order chi connectivity index (χ0) is 20.9. The van der Waals surface area contributed by atoms with E-state index < -0.39 is 17.5 Å². The van der Waals surface area contributed by atoms with Gasteiger partial charge in [-0.2, -0.15) is 0 Å². The lowest BCUT2D eigenvalue weighted by molar-refractivity contribution is -0.132. The Morgan fingerprint density at radius 3 is 2.53 bits per heavy atom. The Hall–Kier alpha value is -3.87. The van der Waals surface area contributed by atoms with Gasteiger partial charge >= 0.3 is 6.03 Å². The van der Waals surface area contributed by atoms with Gasteiger partial charge in [0.15, 0.2) is 5.54 Å². The van der Waals surface area contributed by atoms with Crippen LogP contribution in [0.15, 0.2) is 69.5 Å². The summed E-state index contributed by atoms with van der Waals surface area (Å²) in [6.45, 7) is 3.43. The Kier molecular flexibility index (Phi) is 3.99. The van der Waals surface area contributed by atoms with Crippen molar-refractivity contribution in [2.45, 2.75) is 25.9 Å². The van der Waals surface area contributed by atoms with Crippen LogP contribution in [0.2, 0.25) is 0 Å². The van der Waals surface area contributed by atoms with E-state index in [0.29, 0.717) is 28.7 Å². The second-order valence-electron chi connectivity index (χ2n) is 7.48. The van der Waals surface area contributed by atoms with Crippen LogP contribution in [0.3, 0.4) is 0 Å². The second-order valence-corrected chi connectivity index (χ2v) is 7.48. The lowest BCUT2D eigenvalue weighted by atomic mass is 9.99. The number of oxazole rings is 1. The number of furan rings is 1.